The van der Waals surface area contributed by atoms with Gasteiger partial charge in [-0.25, -0.2) is 0 Å². The van der Waals surface area contributed by atoms with Gasteiger partial charge in [-0.2, -0.15) is 0 Å². The van der Waals surface area contributed by atoms with Crippen LogP contribution in [0.5, 0.6) is 0 Å². The van der Waals surface area contributed by atoms with Crippen LogP contribution < -0.4 is 10.6 Å². The summed E-state index contributed by atoms with van der Waals surface area (Å²) in [6, 6.07) is 20.0. The number of hydrogen-bond donors (Lipinski definition) is 2. The van der Waals surface area contributed by atoms with E-state index in [0.717, 1.165) is 47.8 Å². The molecular weight excluding hydrogens is 384 g/mol. The third-order valence-corrected chi connectivity index (χ3v) is 4.93. The highest BCUT2D eigenvalue weighted by atomic mass is 32.1. The lowest BCUT2D eigenvalue weighted by atomic mass is 10.3. The average Bonchev–Trinajstić information content (AvgIpc) is 2.72. The molecule has 0 radical (unpaired) electrons. The lowest BCUT2D eigenvalue weighted by Gasteiger charge is -2.24. The van der Waals surface area contributed by atoms with Crippen LogP contribution in [0.25, 0.3) is 0 Å². The van der Waals surface area contributed by atoms with Crippen molar-refractivity contribution >= 4 is 46.0 Å². The topological polar surface area (TPSA) is 30.5 Å². The van der Waals surface area contributed by atoms with Crippen LogP contribution >= 0.6 is 24.4 Å². The molecule has 0 bridgehead atoms. The Hall–Kier alpha value is -2.44. The van der Waals surface area contributed by atoms with Crippen LogP contribution in [0, 0.1) is 0 Å². The molecule has 2 rings (SSSR count). The van der Waals surface area contributed by atoms with E-state index in [2.05, 4.69) is 46.4 Å². The fraction of sp³-hybridized carbons (Fsp3) is 0.273. The monoisotopic (exact) mass is 412 g/mol. The zero-order valence-electron chi connectivity index (χ0n) is 16.5. The number of benzene rings is 2. The molecule has 0 aliphatic heterocycles. The van der Waals surface area contributed by atoms with Gasteiger partial charge in [0.05, 0.1) is 0 Å². The third kappa shape index (κ3) is 7.29. The van der Waals surface area contributed by atoms with Gasteiger partial charge in [-0.15, -0.1) is 0 Å². The van der Waals surface area contributed by atoms with Crippen LogP contribution in [-0.4, -0.2) is 46.2 Å². The highest BCUT2D eigenvalue weighted by Gasteiger charge is 2.07. The van der Waals surface area contributed by atoms with Crippen LogP contribution in [0.2, 0.25) is 0 Å². The van der Waals surface area contributed by atoms with Crippen molar-refractivity contribution in [1.82, 2.24) is 9.80 Å². The van der Waals surface area contributed by atoms with Crippen molar-refractivity contribution in [3.63, 3.8) is 0 Å². The number of thiocarbonyl (C=S) groups is 2. The second kappa shape index (κ2) is 12.1. The number of nitrogens with one attached hydrogen (secondary N) is 2. The predicted octanol–water partition coefficient (Wildman–Crippen LogP) is 4.98. The molecule has 0 saturated heterocycles. The SMILES string of the molecule is CCN(CC=CCN(CC)C(=S)Nc1ccccc1)C(=S)Nc1ccccc1. The molecule has 0 atom stereocenters. The summed E-state index contributed by atoms with van der Waals surface area (Å²) in [6.07, 6.45) is 4.27. The highest BCUT2D eigenvalue weighted by molar-refractivity contribution is 7.80. The molecule has 0 saturated carbocycles. The number of nitrogens with zero attached hydrogens (tertiary/aromatic N) is 2. The minimum atomic E-state index is 0.729. The van der Waals surface area contributed by atoms with Crippen molar-refractivity contribution in [3.8, 4) is 0 Å². The summed E-state index contributed by atoms with van der Waals surface area (Å²) >= 11 is 11.1. The van der Waals surface area contributed by atoms with Crippen molar-refractivity contribution in [2.45, 2.75) is 13.8 Å². The fourth-order valence-corrected chi connectivity index (χ4v) is 3.21. The quantitative estimate of drug-likeness (QED) is 0.470. The molecule has 6 heteroatoms. The van der Waals surface area contributed by atoms with E-state index in [4.69, 9.17) is 24.4 Å². The number of likely N-dealkylation sites (N-methyl/N-ethyl adjacent to an activating group) is 2. The molecular formula is C22H28N4S2. The number of anilines is 2. The number of para-hydroxylation sites is 2. The van der Waals surface area contributed by atoms with Gasteiger partial charge in [-0.1, -0.05) is 48.6 Å². The first-order valence-electron chi connectivity index (χ1n) is 9.51. The summed E-state index contributed by atoms with van der Waals surface area (Å²) in [5, 5.41) is 8.02. The molecule has 0 heterocycles. The molecule has 0 aliphatic carbocycles. The van der Waals surface area contributed by atoms with E-state index < -0.39 is 0 Å². The van der Waals surface area contributed by atoms with Crippen LogP contribution in [-0.2, 0) is 0 Å². The maximum atomic E-state index is 5.53. The van der Waals surface area contributed by atoms with Gasteiger partial charge in [0.25, 0.3) is 0 Å². The van der Waals surface area contributed by atoms with Crippen molar-refractivity contribution in [3.05, 3.63) is 72.8 Å². The van der Waals surface area contributed by atoms with E-state index in [1.807, 2.05) is 60.7 Å². The van der Waals surface area contributed by atoms with E-state index in [1.165, 1.54) is 0 Å². The lowest BCUT2D eigenvalue weighted by molar-refractivity contribution is 0.483. The van der Waals surface area contributed by atoms with Crippen LogP contribution in [0.4, 0.5) is 11.4 Å². The van der Waals surface area contributed by atoms with E-state index in [1.54, 1.807) is 0 Å². The van der Waals surface area contributed by atoms with Gasteiger partial charge < -0.3 is 20.4 Å². The normalized spacial score (nSPS) is 10.5. The van der Waals surface area contributed by atoms with Gasteiger partial charge >= 0.3 is 0 Å². The number of hydrogen-bond acceptors (Lipinski definition) is 2. The molecule has 0 unspecified atom stereocenters. The molecule has 0 aliphatic rings. The van der Waals surface area contributed by atoms with Crippen LogP contribution in [0.15, 0.2) is 72.8 Å². The zero-order chi connectivity index (χ0) is 20.2. The summed E-state index contributed by atoms with van der Waals surface area (Å²) < 4.78 is 0. The summed E-state index contributed by atoms with van der Waals surface area (Å²) in [5.74, 6) is 0. The average molecular weight is 413 g/mol. The smallest absolute Gasteiger partial charge is 0.173 e. The van der Waals surface area contributed by atoms with E-state index >= 15 is 0 Å². The van der Waals surface area contributed by atoms with Crippen molar-refractivity contribution in [2.75, 3.05) is 36.8 Å². The summed E-state index contributed by atoms with van der Waals surface area (Å²) in [7, 11) is 0. The largest absolute Gasteiger partial charge is 0.346 e. The van der Waals surface area contributed by atoms with E-state index in [-0.39, 0.29) is 0 Å². The van der Waals surface area contributed by atoms with Gasteiger partial charge in [-0.3, -0.25) is 0 Å². The molecule has 2 N–H and O–H groups in total. The van der Waals surface area contributed by atoms with Crippen molar-refractivity contribution in [1.29, 1.82) is 0 Å². The molecule has 0 fully saturated rings. The van der Waals surface area contributed by atoms with Gasteiger partial charge in [0, 0.05) is 37.6 Å². The second-order valence-electron chi connectivity index (χ2n) is 6.14. The Balaban J connectivity index is 1.82. The first kappa shape index (κ1) is 21.9. The minimum Gasteiger partial charge on any atom is -0.346 e. The number of rotatable bonds is 8. The molecule has 4 nitrogen and oxygen atoms in total. The highest BCUT2D eigenvalue weighted by Crippen LogP contribution is 2.08. The molecule has 148 valence electrons. The Morgan fingerprint density at radius 3 is 1.39 bits per heavy atom. The Kier molecular flexibility index (Phi) is 9.45. The minimum absolute atomic E-state index is 0.729. The summed E-state index contributed by atoms with van der Waals surface area (Å²) in [4.78, 5) is 4.24. The first-order chi connectivity index (χ1) is 13.6. The van der Waals surface area contributed by atoms with Crippen LogP contribution in [0.3, 0.4) is 0 Å². The molecule has 2 aromatic carbocycles. The van der Waals surface area contributed by atoms with Crippen molar-refractivity contribution < 1.29 is 0 Å². The Bertz CT molecular complexity index is 697. The standard InChI is InChI=1S/C22H28N4S2/c1-3-25(21(27)23-19-13-7-5-8-14-19)17-11-12-18-26(4-2)22(28)24-20-15-9-6-10-16-20/h5-16H,3-4,17-18H2,1-2H3,(H,23,27)(H,24,28). The summed E-state index contributed by atoms with van der Waals surface area (Å²) in [5.41, 5.74) is 2.01. The molecule has 0 spiro atoms. The maximum Gasteiger partial charge on any atom is 0.173 e. The first-order valence-corrected chi connectivity index (χ1v) is 10.3. The molecule has 0 amide bonds. The van der Waals surface area contributed by atoms with Gasteiger partial charge in [-0.05, 0) is 62.5 Å². The second-order valence-corrected chi connectivity index (χ2v) is 6.91. The Morgan fingerprint density at radius 2 is 1.07 bits per heavy atom. The Labute approximate surface area is 179 Å². The van der Waals surface area contributed by atoms with Gasteiger partial charge in [0.1, 0.15) is 0 Å². The predicted molar refractivity (Wildman–Crippen MR) is 129 cm³/mol. The summed E-state index contributed by atoms with van der Waals surface area (Å²) in [6.45, 7) is 7.40. The van der Waals surface area contributed by atoms with Crippen molar-refractivity contribution in [2.24, 2.45) is 0 Å². The van der Waals surface area contributed by atoms with Gasteiger partial charge in [0.15, 0.2) is 10.2 Å². The van der Waals surface area contributed by atoms with Gasteiger partial charge in [0.2, 0.25) is 0 Å². The molecule has 28 heavy (non-hydrogen) atoms. The Morgan fingerprint density at radius 1 is 0.714 bits per heavy atom. The van der Waals surface area contributed by atoms with Crippen LogP contribution in [0.1, 0.15) is 13.8 Å². The fourth-order valence-electron chi connectivity index (χ4n) is 2.56. The van der Waals surface area contributed by atoms with E-state index in [9.17, 15) is 0 Å². The lowest BCUT2D eigenvalue weighted by Crippen LogP contribution is -2.35. The third-order valence-electron chi connectivity index (χ3n) is 4.21. The van der Waals surface area contributed by atoms with E-state index in [0.29, 0.717) is 0 Å². The molecule has 2 aromatic rings. The molecule has 0 aromatic heterocycles. The maximum absolute atomic E-state index is 5.53. The zero-order valence-corrected chi connectivity index (χ0v) is 18.1.